The third-order valence-electron chi connectivity index (χ3n) is 5.44. The smallest absolute Gasteiger partial charge is 0.224 e. The molecule has 1 saturated heterocycles. The van der Waals surface area contributed by atoms with Gasteiger partial charge in [0.15, 0.2) is 0 Å². The van der Waals surface area contributed by atoms with Crippen LogP contribution in [0.5, 0.6) is 0 Å². The lowest BCUT2D eigenvalue weighted by Crippen LogP contribution is -2.65. The van der Waals surface area contributed by atoms with Crippen LogP contribution in [0, 0.1) is 5.41 Å². The monoisotopic (exact) mass is 315 g/mol. The molecule has 1 amide bonds. The second-order valence-corrected chi connectivity index (χ2v) is 6.69. The molecule has 0 radical (unpaired) electrons. The summed E-state index contributed by atoms with van der Waals surface area (Å²) in [5, 5.41) is 21.2. The first-order valence-corrected chi connectivity index (χ1v) is 8.14. The molecule has 2 aromatic rings. The van der Waals surface area contributed by atoms with E-state index in [-0.39, 0.29) is 23.5 Å². The molecule has 3 N–H and O–H groups in total. The molecule has 1 aliphatic carbocycles. The Bertz CT molecular complexity index is 721. The third-order valence-corrected chi connectivity index (χ3v) is 5.44. The maximum atomic E-state index is 12.4. The number of carbonyl (C=O) groups excluding carboxylic acids is 1. The van der Waals surface area contributed by atoms with Gasteiger partial charge in [-0.25, -0.2) is 0 Å². The minimum Gasteiger partial charge on any atom is -0.392 e. The van der Waals surface area contributed by atoms with E-state index in [1.807, 2.05) is 18.2 Å². The van der Waals surface area contributed by atoms with Crippen LogP contribution in [0.1, 0.15) is 24.8 Å². The molecule has 0 bridgehead atoms. The number of benzene rings is 1. The molecular formula is C17H21N3O3. The highest BCUT2D eigenvalue weighted by atomic mass is 16.5. The van der Waals surface area contributed by atoms with Crippen molar-refractivity contribution >= 4 is 16.8 Å². The molecule has 4 rings (SSSR count). The van der Waals surface area contributed by atoms with Gasteiger partial charge in [-0.15, -0.1) is 0 Å². The van der Waals surface area contributed by atoms with Crippen molar-refractivity contribution in [3.63, 3.8) is 0 Å². The molecule has 0 unspecified atom stereocenters. The van der Waals surface area contributed by atoms with Gasteiger partial charge in [0.1, 0.15) is 0 Å². The number of nitrogens with zero attached hydrogens (tertiary/aromatic N) is 1. The summed E-state index contributed by atoms with van der Waals surface area (Å²) < 4.78 is 5.40. The largest absolute Gasteiger partial charge is 0.392 e. The normalized spacial score (nSPS) is 26.1. The zero-order valence-electron chi connectivity index (χ0n) is 12.9. The average Bonchev–Trinajstić information content (AvgIpc) is 3.03. The Kier molecular flexibility index (Phi) is 3.58. The van der Waals surface area contributed by atoms with Crippen molar-refractivity contribution in [2.24, 2.45) is 5.41 Å². The fourth-order valence-electron chi connectivity index (χ4n) is 3.93. The average molecular weight is 315 g/mol. The van der Waals surface area contributed by atoms with E-state index in [1.54, 1.807) is 6.20 Å². The van der Waals surface area contributed by atoms with Crippen molar-refractivity contribution in [3.8, 4) is 0 Å². The van der Waals surface area contributed by atoms with Gasteiger partial charge < -0.3 is 15.2 Å². The molecule has 1 aliphatic heterocycles. The highest BCUT2D eigenvalue weighted by Crippen LogP contribution is 2.48. The number of aromatic nitrogens is 2. The van der Waals surface area contributed by atoms with Gasteiger partial charge in [-0.05, 0) is 37.0 Å². The number of aromatic amines is 1. The van der Waals surface area contributed by atoms with Crippen LogP contribution in [-0.2, 0) is 16.0 Å². The van der Waals surface area contributed by atoms with E-state index in [2.05, 4.69) is 15.5 Å². The number of hydrogen-bond donors (Lipinski definition) is 3. The highest BCUT2D eigenvalue weighted by Gasteiger charge is 2.55. The Morgan fingerprint density at radius 2 is 2.26 bits per heavy atom. The van der Waals surface area contributed by atoms with E-state index in [0.29, 0.717) is 26.1 Å². The number of fused-ring (bicyclic) bond motifs is 1. The van der Waals surface area contributed by atoms with Crippen LogP contribution in [0.4, 0.5) is 0 Å². The van der Waals surface area contributed by atoms with E-state index in [0.717, 1.165) is 29.3 Å². The molecule has 1 aromatic carbocycles. The van der Waals surface area contributed by atoms with E-state index in [1.165, 1.54) is 0 Å². The molecule has 2 fully saturated rings. The first-order valence-electron chi connectivity index (χ1n) is 8.14. The fraction of sp³-hybridized carbons (Fsp3) is 0.529. The summed E-state index contributed by atoms with van der Waals surface area (Å²) >= 11 is 0. The lowest BCUT2D eigenvalue weighted by molar-refractivity contribution is -0.155. The quantitative estimate of drug-likeness (QED) is 0.793. The van der Waals surface area contributed by atoms with Gasteiger partial charge >= 0.3 is 0 Å². The van der Waals surface area contributed by atoms with Crippen LogP contribution in [-0.4, -0.2) is 46.6 Å². The molecule has 6 heteroatoms. The second kappa shape index (κ2) is 5.62. The van der Waals surface area contributed by atoms with Crippen LogP contribution in [0.15, 0.2) is 24.4 Å². The lowest BCUT2D eigenvalue weighted by atomic mass is 9.58. The Labute approximate surface area is 134 Å². The summed E-state index contributed by atoms with van der Waals surface area (Å²) in [5.41, 5.74) is 1.76. The summed E-state index contributed by atoms with van der Waals surface area (Å²) in [5.74, 6) is 0.00983. The zero-order valence-corrected chi connectivity index (χ0v) is 12.9. The predicted molar refractivity (Wildman–Crippen MR) is 84.8 cm³/mol. The van der Waals surface area contributed by atoms with E-state index in [9.17, 15) is 9.90 Å². The van der Waals surface area contributed by atoms with Crippen LogP contribution >= 0.6 is 0 Å². The zero-order chi connectivity index (χ0) is 15.9. The van der Waals surface area contributed by atoms with E-state index in [4.69, 9.17) is 4.74 Å². The molecule has 1 saturated carbocycles. The minimum atomic E-state index is -0.320. The number of H-pyrrole nitrogens is 1. The van der Waals surface area contributed by atoms with Crippen LogP contribution in [0.25, 0.3) is 10.9 Å². The van der Waals surface area contributed by atoms with Gasteiger partial charge in [0.2, 0.25) is 5.91 Å². The number of aliphatic hydroxyl groups excluding tert-OH is 1. The van der Waals surface area contributed by atoms with Crippen molar-refractivity contribution in [1.82, 2.24) is 15.5 Å². The molecule has 6 nitrogen and oxygen atoms in total. The first-order chi connectivity index (χ1) is 11.2. The molecule has 2 atom stereocenters. The summed E-state index contributed by atoms with van der Waals surface area (Å²) in [7, 11) is 0. The number of hydrogen-bond acceptors (Lipinski definition) is 4. The van der Waals surface area contributed by atoms with Gasteiger partial charge in [-0.3, -0.25) is 9.89 Å². The number of ether oxygens (including phenoxy) is 1. The van der Waals surface area contributed by atoms with Crippen molar-refractivity contribution in [3.05, 3.63) is 30.0 Å². The maximum Gasteiger partial charge on any atom is 0.224 e. The van der Waals surface area contributed by atoms with Crippen LogP contribution in [0.3, 0.4) is 0 Å². The molecule has 2 heterocycles. The summed E-state index contributed by atoms with van der Waals surface area (Å²) in [6, 6.07) is 5.93. The minimum absolute atomic E-state index is 0.00983. The number of aliphatic hydroxyl groups is 1. The molecule has 122 valence electrons. The van der Waals surface area contributed by atoms with Gasteiger partial charge in [-0.1, -0.05) is 6.07 Å². The maximum absolute atomic E-state index is 12.4. The van der Waals surface area contributed by atoms with Crippen molar-refractivity contribution in [2.75, 3.05) is 13.2 Å². The Balaban J connectivity index is 1.41. The third kappa shape index (κ3) is 2.52. The number of nitrogens with one attached hydrogen (secondary N) is 2. The molecule has 1 spiro atoms. The topological polar surface area (TPSA) is 87.2 Å². The standard InChI is InChI=1S/C17H21N3O3/c21-15-9-14(17(15)3-5-23-6-4-17)19-16(22)8-11-1-2-13-12(7-11)10-18-20-13/h1-2,7,10,14-15,21H,3-6,8-9H2,(H,18,20)(H,19,22)/t14-,15-/m1/s1. The first kappa shape index (κ1) is 14.7. The van der Waals surface area contributed by atoms with E-state index >= 15 is 0 Å². The van der Waals surface area contributed by atoms with Crippen molar-refractivity contribution < 1.29 is 14.6 Å². The lowest BCUT2D eigenvalue weighted by Gasteiger charge is -2.55. The molecule has 23 heavy (non-hydrogen) atoms. The van der Waals surface area contributed by atoms with Gasteiger partial charge in [0, 0.05) is 30.1 Å². The number of carbonyl (C=O) groups is 1. The number of amides is 1. The second-order valence-electron chi connectivity index (χ2n) is 6.69. The summed E-state index contributed by atoms with van der Waals surface area (Å²) in [6.45, 7) is 1.33. The Morgan fingerprint density at radius 3 is 3.04 bits per heavy atom. The Morgan fingerprint density at radius 1 is 1.43 bits per heavy atom. The van der Waals surface area contributed by atoms with Gasteiger partial charge in [-0.2, -0.15) is 5.10 Å². The molecule has 1 aromatic heterocycles. The van der Waals surface area contributed by atoms with Gasteiger partial charge in [0.05, 0.1) is 24.2 Å². The van der Waals surface area contributed by atoms with Crippen LogP contribution in [0.2, 0.25) is 0 Å². The predicted octanol–water partition coefficient (Wildman–Crippen LogP) is 1.15. The Hall–Kier alpha value is -1.92. The molecular weight excluding hydrogens is 294 g/mol. The van der Waals surface area contributed by atoms with Crippen molar-refractivity contribution in [1.29, 1.82) is 0 Å². The SMILES string of the molecule is O=C(Cc1ccc2[nH]ncc2c1)N[C@@H]1C[C@@H](O)C12CCOCC2. The molecule has 2 aliphatic rings. The fourth-order valence-corrected chi connectivity index (χ4v) is 3.93. The van der Waals surface area contributed by atoms with Crippen LogP contribution < -0.4 is 5.32 Å². The van der Waals surface area contributed by atoms with Crippen molar-refractivity contribution in [2.45, 2.75) is 37.8 Å². The summed E-state index contributed by atoms with van der Waals surface area (Å²) in [4.78, 5) is 12.4. The number of rotatable bonds is 3. The highest BCUT2D eigenvalue weighted by molar-refractivity contribution is 5.83. The summed E-state index contributed by atoms with van der Waals surface area (Å²) in [6.07, 6.45) is 4.07. The van der Waals surface area contributed by atoms with Gasteiger partial charge in [0.25, 0.3) is 0 Å². The van der Waals surface area contributed by atoms with E-state index < -0.39 is 0 Å².